The first-order valence-electron chi connectivity index (χ1n) is 9.43. The number of aromatic nitrogens is 3. The average molecular weight is 376 g/mol. The third-order valence-electron chi connectivity index (χ3n) is 5.27. The number of ether oxygens (including phenoxy) is 1. The lowest BCUT2D eigenvalue weighted by atomic mass is 9.99. The molecule has 4 rings (SSSR count). The van der Waals surface area contributed by atoms with E-state index >= 15 is 0 Å². The smallest absolute Gasteiger partial charge is 0.276 e. The van der Waals surface area contributed by atoms with Crippen molar-refractivity contribution in [1.29, 1.82) is 0 Å². The molecule has 0 unspecified atom stereocenters. The van der Waals surface area contributed by atoms with Gasteiger partial charge in [-0.25, -0.2) is 0 Å². The summed E-state index contributed by atoms with van der Waals surface area (Å²) in [6, 6.07) is 12.2. The molecule has 1 aliphatic heterocycles. The minimum absolute atomic E-state index is 0.0815. The van der Waals surface area contributed by atoms with Gasteiger partial charge in [0.1, 0.15) is 5.75 Å². The highest BCUT2D eigenvalue weighted by atomic mass is 16.5. The Bertz CT molecular complexity index is 1050. The van der Waals surface area contributed by atoms with Crippen LogP contribution in [0, 0.1) is 20.8 Å². The Hall–Kier alpha value is -3.15. The lowest BCUT2D eigenvalue weighted by molar-refractivity contribution is 0.0727. The number of methoxy groups -OCH3 is 1. The first-order valence-corrected chi connectivity index (χ1v) is 9.43. The Kier molecular flexibility index (Phi) is 4.63. The van der Waals surface area contributed by atoms with Crippen molar-refractivity contribution in [2.75, 3.05) is 13.7 Å². The van der Waals surface area contributed by atoms with E-state index in [0.29, 0.717) is 24.5 Å². The molecule has 0 N–H and O–H groups in total. The maximum Gasteiger partial charge on any atom is 0.276 e. The Morgan fingerprint density at radius 3 is 2.61 bits per heavy atom. The van der Waals surface area contributed by atoms with Crippen LogP contribution in [0.3, 0.4) is 0 Å². The average Bonchev–Trinajstić information content (AvgIpc) is 3.07. The summed E-state index contributed by atoms with van der Waals surface area (Å²) in [5.74, 6) is 0.729. The molecule has 2 aromatic carbocycles. The molecular formula is C22H24N4O2. The maximum absolute atomic E-state index is 13.1. The minimum Gasteiger partial charge on any atom is -0.497 e. The zero-order valence-electron chi connectivity index (χ0n) is 16.7. The van der Waals surface area contributed by atoms with Crippen molar-refractivity contribution < 1.29 is 9.53 Å². The number of amides is 1. The molecule has 144 valence electrons. The van der Waals surface area contributed by atoms with Crippen LogP contribution in [0.15, 0.2) is 36.4 Å². The molecule has 28 heavy (non-hydrogen) atoms. The van der Waals surface area contributed by atoms with Gasteiger partial charge in [-0.1, -0.05) is 23.8 Å². The standard InChI is InChI=1S/C22H24N4O2/c1-14-5-8-20(15(2)11-14)26-23-16(3)21(24-26)22(27)25-10-9-17-6-7-19(28-4)12-18(17)13-25/h5-8,11-12H,9-10,13H2,1-4H3. The molecule has 1 amide bonds. The number of aryl methyl sites for hydroxylation is 3. The lowest BCUT2D eigenvalue weighted by Crippen LogP contribution is -2.36. The summed E-state index contributed by atoms with van der Waals surface area (Å²) in [7, 11) is 1.65. The molecule has 1 aliphatic rings. The highest BCUT2D eigenvalue weighted by Gasteiger charge is 2.26. The number of carbonyl (C=O) groups is 1. The Labute approximate surface area is 164 Å². The van der Waals surface area contributed by atoms with E-state index in [4.69, 9.17) is 4.74 Å². The van der Waals surface area contributed by atoms with E-state index < -0.39 is 0 Å². The fourth-order valence-corrected chi connectivity index (χ4v) is 3.70. The summed E-state index contributed by atoms with van der Waals surface area (Å²) < 4.78 is 5.32. The molecule has 2 heterocycles. The maximum atomic E-state index is 13.1. The van der Waals surface area contributed by atoms with Gasteiger partial charge in [0.25, 0.3) is 5.91 Å². The van der Waals surface area contributed by atoms with E-state index in [9.17, 15) is 4.79 Å². The number of nitrogens with zero attached hydrogens (tertiary/aromatic N) is 4. The SMILES string of the molecule is COc1ccc2c(c1)CN(C(=O)c1nn(-c3ccc(C)cc3C)nc1C)CC2. The van der Waals surface area contributed by atoms with Crippen LogP contribution in [0.1, 0.15) is 38.4 Å². The van der Waals surface area contributed by atoms with E-state index in [-0.39, 0.29) is 5.91 Å². The lowest BCUT2D eigenvalue weighted by Gasteiger charge is -2.28. The Balaban J connectivity index is 1.61. The molecule has 1 aromatic heterocycles. The van der Waals surface area contributed by atoms with Crippen LogP contribution >= 0.6 is 0 Å². The van der Waals surface area contributed by atoms with Crippen LogP contribution in [0.25, 0.3) is 5.69 Å². The number of hydrogen-bond donors (Lipinski definition) is 0. The van der Waals surface area contributed by atoms with Gasteiger partial charge in [-0.15, -0.1) is 5.10 Å². The molecule has 6 nitrogen and oxygen atoms in total. The van der Waals surface area contributed by atoms with Gasteiger partial charge in [0, 0.05) is 13.1 Å². The van der Waals surface area contributed by atoms with Crippen molar-refractivity contribution in [2.45, 2.75) is 33.7 Å². The molecule has 6 heteroatoms. The topological polar surface area (TPSA) is 60.2 Å². The van der Waals surface area contributed by atoms with E-state index in [1.54, 1.807) is 11.9 Å². The molecule has 0 spiro atoms. The second-order valence-corrected chi connectivity index (χ2v) is 7.32. The van der Waals surface area contributed by atoms with E-state index in [1.807, 2.05) is 43.0 Å². The van der Waals surface area contributed by atoms with Gasteiger partial charge in [-0.2, -0.15) is 9.90 Å². The van der Waals surface area contributed by atoms with Crippen LogP contribution < -0.4 is 4.74 Å². The number of rotatable bonds is 3. The van der Waals surface area contributed by atoms with Gasteiger partial charge in [0.05, 0.1) is 18.5 Å². The molecule has 0 bridgehead atoms. The van der Waals surface area contributed by atoms with Crippen molar-refractivity contribution in [2.24, 2.45) is 0 Å². The van der Waals surface area contributed by atoms with Gasteiger partial charge in [0.15, 0.2) is 5.69 Å². The quantitative estimate of drug-likeness (QED) is 0.703. The fraction of sp³-hybridized carbons (Fsp3) is 0.318. The monoisotopic (exact) mass is 376 g/mol. The summed E-state index contributed by atoms with van der Waals surface area (Å²) in [6.07, 6.45) is 0.829. The Morgan fingerprint density at radius 1 is 1.04 bits per heavy atom. The molecule has 0 atom stereocenters. The van der Waals surface area contributed by atoms with Crippen molar-refractivity contribution in [3.63, 3.8) is 0 Å². The molecule has 0 radical (unpaired) electrons. The molecular weight excluding hydrogens is 352 g/mol. The second-order valence-electron chi connectivity index (χ2n) is 7.32. The second kappa shape index (κ2) is 7.11. The summed E-state index contributed by atoms with van der Waals surface area (Å²) >= 11 is 0. The summed E-state index contributed by atoms with van der Waals surface area (Å²) in [5.41, 5.74) is 6.59. The zero-order valence-corrected chi connectivity index (χ0v) is 16.7. The van der Waals surface area contributed by atoms with Crippen LogP contribution in [0.5, 0.6) is 5.75 Å². The van der Waals surface area contributed by atoms with E-state index in [0.717, 1.165) is 29.0 Å². The molecule has 0 saturated carbocycles. The van der Waals surface area contributed by atoms with Gasteiger partial charge in [0.2, 0.25) is 0 Å². The van der Waals surface area contributed by atoms with E-state index in [1.165, 1.54) is 11.1 Å². The number of carbonyl (C=O) groups excluding carboxylic acids is 1. The molecule has 0 saturated heterocycles. The first kappa shape index (κ1) is 18.2. The summed E-state index contributed by atoms with van der Waals surface area (Å²) in [4.78, 5) is 16.6. The predicted molar refractivity (Wildman–Crippen MR) is 107 cm³/mol. The van der Waals surface area contributed by atoms with Crippen LogP contribution in [-0.4, -0.2) is 39.5 Å². The van der Waals surface area contributed by atoms with Crippen LogP contribution in [-0.2, 0) is 13.0 Å². The van der Waals surface area contributed by atoms with Gasteiger partial charge < -0.3 is 9.64 Å². The molecule has 0 aliphatic carbocycles. The van der Waals surface area contributed by atoms with Gasteiger partial charge in [-0.3, -0.25) is 4.79 Å². The van der Waals surface area contributed by atoms with Crippen molar-refractivity contribution in [1.82, 2.24) is 19.9 Å². The summed E-state index contributed by atoms with van der Waals surface area (Å²) in [6.45, 7) is 7.14. The highest BCUT2D eigenvalue weighted by molar-refractivity contribution is 5.93. The normalized spacial score (nSPS) is 13.4. The highest BCUT2D eigenvalue weighted by Crippen LogP contribution is 2.25. The van der Waals surface area contributed by atoms with E-state index in [2.05, 4.69) is 29.3 Å². The largest absolute Gasteiger partial charge is 0.497 e. The number of hydrogen-bond acceptors (Lipinski definition) is 4. The zero-order chi connectivity index (χ0) is 19.8. The fourth-order valence-electron chi connectivity index (χ4n) is 3.70. The predicted octanol–water partition coefficient (Wildman–Crippen LogP) is 3.40. The third-order valence-corrected chi connectivity index (χ3v) is 5.27. The van der Waals surface area contributed by atoms with Crippen LogP contribution in [0.2, 0.25) is 0 Å². The Morgan fingerprint density at radius 2 is 1.86 bits per heavy atom. The summed E-state index contributed by atoms with van der Waals surface area (Å²) in [5, 5.41) is 9.02. The van der Waals surface area contributed by atoms with Gasteiger partial charge >= 0.3 is 0 Å². The molecule has 0 fully saturated rings. The van der Waals surface area contributed by atoms with Crippen molar-refractivity contribution in [3.8, 4) is 11.4 Å². The molecule has 3 aromatic rings. The van der Waals surface area contributed by atoms with Crippen molar-refractivity contribution in [3.05, 3.63) is 70.0 Å². The number of benzene rings is 2. The van der Waals surface area contributed by atoms with Crippen LogP contribution in [0.4, 0.5) is 0 Å². The minimum atomic E-state index is -0.0815. The van der Waals surface area contributed by atoms with Gasteiger partial charge in [-0.05, 0) is 62.1 Å². The van der Waals surface area contributed by atoms with Crippen molar-refractivity contribution >= 4 is 5.91 Å². The third kappa shape index (κ3) is 3.26. The first-order chi connectivity index (χ1) is 13.5. The number of fused-ring (bicyclic) bond motifs is 1.